The molecule has 1 aliphatic rings. The van der Waals surface area contributed by atoms with Crippen LogP contribution in [0.1, 0.15) is 44.0 Å². The van der Waals surface area contributed by atoms with Crippen molar-refractivity contribution in [3.8, 4) is 11.5 Å². The average molecular weight is 369 g/mol. The minimum atomic E-state index is -0.280. The van der Waals surface area contributed by atoms with E-state index >= 15 is 0 Å². The molecule has 0 fully saturated rings. The number of ether oxygens (including phenoxy) is 2. The van der Waals surface area contributed by atoms with E-state index in [9.17, 15) is 9.59 Å². The lowest BCUT2D eigenvalue weighted by molar-refractivity contribution is -0.114. The van der Waals surface area contributed by atoms with E-state index in [0.717, 1.165) is 11.1 Å². The van der Waals surface area contributed by atoms with Crippen LogP contribution in [0, 0.1) is 0 Å². The molecule has 0 spiro atoms. The maximum absolute atomic E-state index is 12.4. The minimum Gasteiger partial charge on any atom is -0.454 e. The molecule has 0 saturated heterocycles. The van der Waals surface area contributed by atoms with E-state index in [0.29, 0.717) is 17.2 Å². The molecule has 1 aliphatic heterocycles. The van der Waals surface area contributed by atoms with Crippen molar-refractivity contribution < 1.29 is 19.1 Å². The first kappa shape index (κ1) is 18.6. The number of nitrogens with one attached hydrogen (secondary N) is 3. The topological polar surface area (TPSA) is 88.7 Å². The van der Waals surface area contributed by atoms with Crippen LogP contribution in [0.25, 0.3) is 0 Å². The van der Waals surface area contributed by atoms with E-state index in [1.54, 1.807) is 6.07 Å². The summed E-state index contributed by atoms with van der Waals surface area (Å²) in [5, 5.41) is 8.57. The standard InChI is InChI=1S/C20H23N3O4/c1-12(15-5-4-6-17(9-15)23-14(3)24)21-20(25)22-13(2)16-7-8-18-19(10-16)27-11-26-18/h4-10,12-13H,11H2,1-3H3,(H,23,24)(H2,21,22,25). The Balaban J connectivity index is 1.59. The largest absolute Gasteiger partial charge is 0.454 e. The van der Waals surface area contributed by atoms with Gasteiger partial charge in [0.25, 0.3) is 0 Å². The van der Waals surface area contributed by atoms with E-state index in [2.05, 4.69) is 16.0 Å². The number of carbonyl (C=O) groups excluding carboxylic acids is 2. The molecular formula is C20H23N3O4. The van der Waals surface area contributed by atoms with Gasteiger partial charge in [-0.15, -0.1) is 0 Å². The maximum atomic E-state index is 12.4. The van der Waals surface area contributed by atoms with Crippen molar-refractivity contribution in [1.29, 1.82) is 0 Å². The third-order valence-corrected chi connectivity index (χ3v) is 4.30. The highest BCUT2D eigenvalue weighted by atomic mass is 16.7. The number of fused-ring (bicyclic) bond motifs is 1. The zero-order valence-corrected chi connectivity index (χ0v) is 15.5. The Morgan fingerprint density at radius 1 is 0.926 bits per heavy atom. The third-order valence-electron chi connectivity index (χ3n) is 4.30. The first-order chi connectivity index (χ1) is 12.9. The van der Waals surface area contributed by atoms with Crippen LogP contribution >= 0.6 is 0 Å². The van der Waals surface area contributed by atoms with Gasteiger partial charge in [-0.2, -0.15) is 0 Å². The van der Waals surface area contributed by atoms with E-state index < -0.39 is 0 Å². The molecule has 2 unspecified atom stereocenters. The molecule has 0 aromatic heterocycles. The van der Waals surface area contributed by atoms with Crippen molar-refractivity contribution in [1.82, 2.24) is 10.6 Å². The van der Waals surface area contributed by atoms with Gasteiger partial charge in [-0.1, -0.05) is 18.2 Å². The second-order valence-electron chi connectivity index (χ2n) is 6.48. The molecule has 0 aliphatic carbocycles. The third kappa shape index (κ3) is 4.69. The summed E-state index contributed by atoms with van der Waals surface area (Å²) in [5.74, 6) is 1.26. The summed E-state index contributed by atoms with van der Waals surface area (Å²) in [7, 11) is 0. The molecule has 0 bridgehead atoms. The fourth-order valence-electron chi connectivity index (χ4n) is 2.87. The van der Waals surface area contributed by atoms with Gasteiger partial charge in [-0.05, 0) is 49.2 Å². The Morgan fingerprint density at radius 3 is 2.30 bits per heavy atom. The highest BCUT2D eigenvalue weighted by Gasteiger charge is 2.18. The molecule has 3 rings (SSSR count). The number of hydrogen-bond acceptors (Lipinski definition) is 4. The Labute approximate surface area is 158 Å². The molecule has 1 heterocycles. The number of carbonyl (C=O) groups is 2. The summed E-state index contributed by atoms with van der Waals surface area (Å²) < 4.78 is 10.7. The van der Waals surface area contributed by atoms with Crippen molar-refractivity contribution in [3.05, 3.63) is 53.6 Å². The molecule has 2 atom stereocenters. The summed E-state index contributed by atoms with van der Waals surface area (Å²) >= 11 is 0. The van der Waals surface area contributed by atoms with Crippen LogP contribution < -0.4 is 25.4 Å². The highest BCUT2D eigenvalue weighted by molar-refractivity contribution is 5.88. The van der Waals surface area contributed by atoms with E-state index in [4.69, 9.17) is 9.47 Å². The van der Waals surface area contributed by atoms with Gasteiger partial charge in [0.2, 0.25) is 12.7 Å². The number of urea groups is 1. The van der Waals surface area contributed by atoms with Crippen molar-refractivity contribution >= 4 is 17.6 Å². The second-order valence-corrected chi connectivity index (χ2v) is 6.48. The Hall–Kier alpha value is -3.22. The molecule has 2 aromatic carbocycles. The van der Waals surface area contributed by atoms with Crippen LogP contribution in [0.4, 0.5) is 10.5 Å². The van der Waals surface area contributed by atoms with Crippen molar-refractivity contribution in [2.75, 3.05) is 12.1 Å². The minimum absolute atomic E-state index is 0.136. The van der Waals surface area contributed by atoms with E-state index in [-0.39, 0.29) is 30.8 Å². The SMILES string of the molecule is CC(=O)Nc1cccc(C(C)NC(=O)NC(C)c2ccc3c(c2)OCO3)c1. The van der Waals surface area contributed by atoms with Crippen LogP contribution in [0.2, 0.25) is 0 Å². The number of amides is 3. The number of hydrogen-bond donors (Lipinski definition) is 3. The highest BCUT2D eigenvalue weighted by Crippen LogP contribution is 2.34. The molecule has 142 valence electrons. The molecule has 3 N–H and O–H groups in total. The smallest absolute Gasteiger partial charge is 0.315 e. The van der Waals surface area contributed by atoms with Gasteiger partial charge in [0, 0.05) is 12.6 Å². The average Bonchev–Trinajstić information content (AvgIpc) is 3.08. The summed E-state index contributed by atoms with van der Waals surface area (Å²) in [6.07, 6.45) is 0. The van der Waals surface area contributed by atoms with Crippen molar-refractivity contribution in [2.24, 2.45) is 0 Å². The van der Waals surface area contributed by atoms with Crippen molar-refractivity contribution in [3.63, 3.8) is 0 Å². The maximum Gasteiger partial charge on any atom is 0.315 e. The van der Waals surface area contributed by atoms with Gasteiger partial charge in [0.1, 0.15) is 0 Å². The molecular weight excluding hydrogens is 346 g/mol. The molecule has 7 heteroatoms. The van der Waals surface area contributed by atoms with Gasteiger partial charge < -0.3 is 25.4 Å². The molecule has 3 amide bonds. The number of rotatable bonds is 5. The summed E-state index contributed by atoms with van der Waals surface area (Å²) in [4.78, 5) is 23.6. The summed E-state index contributed by atoms with van der Waals surface area (Å²) in [6, 6.07) is 12.3. The van der Waals surface area contributed by atoms with E-state index in [1.807, 2.05) is 50.2 Å². The van der Waals surface area contributed by atoms with E-state index in [1.165, 1.54) is 6.92 Å². The summed E-state index contributed by atoms with van der Waals surface area (Å²) in [5.41, 5.74) is 2.52. The molecule has 0 radical (unpaired) electrons. The lowest BCUT2D eigenvalue weighted by atomic mass is 10.1. The van der Waals surface area contributed by atoms with Crippen LogP contribution in [-0.2, 0) is 4.79 Å². The number of anilines is 1. The Morgan fingerprint density at radius 2 is 1.59 bits per heavy atom. The van der Waals surface area contributed by atoms with Gasteiger partial charge in [0.05, 0.1) is 12.1 Å². The van der Waals surface area contributed by atoms with Crippen LogP contribution in [0.3, 0.4) is 0 Å². The van der Waals surface area contributed by atoms with Crippen LogP contribution in [0.5, 0.6) is 11.5 Å². The molecule has 0 saturated carbocycles. The normalized spacial score (nSPS) is 14.2. The lowest BCUT2D eigenvalue weighted by Gasteiger charge is -2.19. The predicted molar refractivity (Wildman–Crippen MR) is 102 cm³/mol. The summed E-state index contributed by atoms with van der Waals surface area (Å²) in [6.45, 7) is 5.46. The van der Waals surface area contributed by atoms with Crippen LogP contribution in [-0.4, -0.2) is 18.7 Å². The quantitative estimate of drug-likeness (QED) is 0.753. The lowest BCUT2D eigenvalue weighted by Crippen LogP contribution is -2.38. The second kappa shape index (κ2) is 7.99. The van der Waals surface area contributed by atoms with Gasteiger partial charge in [0.15, 0.2) is 11.5 Å². The van der Waals surface area contributed by atoms with Gasteiger partial charge in [-0.3, -0.25) is 4.79 Å². The first-order valence-electron chi connectivity index (χ1n) is 8.76. The van der Waals surface area contributed by atoms with Gasteiger partial charge in [-0.25, -0.2) is 4.79 Å². The molecule has 7 nitrogen and oxygen atoms in total. The van der Waals surface area contributed by atoms with Gasteiger partial charge >= 0.3 is 6.03 Å². The zero-order valence-electron chi connectivity index (χ0n) is 15.5. The molecule has 2 aromatic rings. The van der Waals surface area contributed by atoms with Crippen LogP contribution in [0.15, 0.2) is 42.5 Å². The molecule has 27 heavy (non-hydrogen) atoms. The first-order valence-corrected chi connectivity index (χ1v) is 8.76. The number of benzene rings is 2. The predicted octanol–water partition coefficient (Wildman–Crippen LogP) is 3.50. The monoisotopic (exact) mass is 369 g/mol. The Kier molecular flexibility index (Phi) is 5.49. The zero-order chi connectivity index (χ0) is 19.4. The fraction of sp³-hybridized carbons (Fsp3) is 0.300. The van der Waals surface area contributed by atoms with Crippen molar-refractivity contribution in [2.45, 2.75) is 32.9 Å². The Bertz CT molecular complexity index is 853. The fourth-order valence-corrected chi connectivity index (χ4v) is 2.87.